The Morgan fingerprint density at radius 2 is 1.92 bits per heavy atom. The fraction of sp³-hybridized carbons (Fsp3) is 0.190. The number of nitrogens with one attached hydrogen (secondary N) is 3. The number of carbonyl (C=O) groups is 1. The van der Waals surface area contributed by atoms with Crippen LogP contribution >= 0.6 is 34.5 Å². The highest BCUT2D eigenvalue weighted by Crippen LogP contribution is 2.35. The monoisotopic (exact) mass is 594 g/mol. The Labute approximate surface area is 220 Å². The first-order chi connectivity index (χ1) is 17.1. The number of aromatic nitrogens is 2. The lowest BCUT2D eigenvalue weighted by Gasteiger charge is -2.31. The molecule has 2 heterocycles. The Morgan fingerprint density at radius 3 is 2.51 bits per heavy atom. The average molecular weight is 595 g/mol. The number of hydrogen-bond donors (Lipinski definition) is 3. The molecule has 2 aromatic heterocycles. The molecule has 0 bridgehead atoms. The average Bonchev–Trinajstić information content (AvgIpc) is 3.21. The summed E-state index contributed by atoms with van der Waals surface area (Å²) in [5.74, 6) is 0. The number of amides is 2. The van der Waals surface area contributed by atoms with Crippen LogP contribution < -0.4 is 21.3 Å². The van der Waals surface area contributed by atoms with E-state index >= 15 is 0 Å². The van der Waals surface area contributed by atoms with Crippen molar-refractivity contribution < 1.29 is 26.4 Å². The third-order valence-electron chi connectivity index (χ3n) is 5.31. The van der Waals surface area contributed by atoms with Gasteiger partial charge in [0.05, 0.1) is 31.7 Å². The number of urea groups is 1. The summed E-state index contributed by atoms with van der Waals surface area (Å²) >= 11 is 13.0. The molecule has 2 amide bonds. The maximum absolute atomic E-state index is 13.1. The minimum atomic E-state index is -4.71. The van der Waals surface area contributed by atoms with Crippen molar-refractivity contribution in [2.75, 3.05) is 0 Å². The standard InChI is InChI=1S/C21H15Cl2F3N4O5S2/c1-20(23)9-11(27-18(32)29-37(34,35)16-7-6-15(22)36-16)3-5-14(20)30-17(31)12-8-10(21(24,25)26)2-4-13(12)28-19(30)33/h2-9,14H,1H3,(H,28,33)(H2,27,29,32). The number of H-pyrrole nitrogens is 1. The van der Waals surface area contributed by atoms with Crippen molar-refractivity contribution in [3.05, 3.63) is 85.0 Å². The molecule has 1 aliphatic rings. The van der Waals surface area contributed by atoms with Crippen molar-refractivity contribution >= 4 is 61.5 Å². The number of aromatic amines is 1. The van der Waals surface area contributed by atoms with Gasteiger partial charge in [-0.15, -0.1) is 22.9 Å². The van der Waals surface area contributed by atoms with Crippen LogP contribution in [-0.2, 0) is 16.2 Å². The Kier molecular flexibility index (Phi) is 6.82. The smallest absolute Gasteiger partial charge is 0.307 e. The molecule has 0 saturated carbocycles. The molecule has 4 rings (SSSR count). The molecule has 9 nitrogen and oxygen atoms in total. The van der Waals surface area contributed by atoms with Crippen molar-refractivity contribution in [1.29, 1.82) is 0 Å². The first-order valence-corrected chi connectivity index (χ1v) is 13.2. The van der Waals surface area contributed by atoms with E-state index in [4.69, 9.17) is 23.2 Å². The van der Waals surface area contributed by atoms with Crippen molar-refractivity contribution in [1.82, 2.24) is 19.6 Å². The van der Waals surface area contributed by atoms with Gasteiger partial charge in [-0.05, 0) is 49.4 Å². The number of fused-ring (bicyclic) bond motifs is 1. The van der Waals surface area contributed by atoms with Crippen molar-refractivity contribution in [3.8, 4) is 0 Å². The molecule has 0 fully saturated rings. The van der Waals surface area contributed by atoms with Crippen molar-refractivity contribution in [2.24, 2.45) is 0 Å². The summed E-state index contributed by atoms with van der Waals surface area (Å²) in [7, 11) is -4.20. The second kappa shape index (κ2) is 9.35. The van der Waals surface area contributed by atoms with Crippen LogP contribution in [0.3, 0.4) is 0 Å². The van der Waals surface area contributed by atoms with Gasteiger partial charge >= 0.3 is 17.9 Å². The van der Waals surface area contributed by atoms with Gasteiger partial charge in [-0.3, -0.25) is 9.36 Å². The van der Waals surface area contributed by atoms with Crippen LogP contribution in [0.4, 0.5) is 18.0 Å². The number of sulfonamides is 1. The van der Waals surface area contributed by atoms with E-state index in [1.165, 1.54) is 37.3 Å². The van der Waals surface area contributed by atoms with E-state index in [-0.39, 0.29) is 25.1 Å². The molecular formula is C21H15Cl2F3N4O5S2. The lowest BCUT2D eigenvalue weighted by molar-refractivity contribution is -0.137. The van der Waals surface area contributed by atoms with E-state index in [0.29, 0.717) is 10.6 Å². The molecule has 2 atom stereocenters. The first-order valence-electron chi connectivity index (χ1n) is 10.1. The van der Waals surface area contributed by atoms with Gasteiger partial charge in [0, 0.05) is 5.70 Å². The summed E-state index contributed by atoms with van der Waals surface area (Å²) in [5.41, 5.74) is -3.04. The van der Waals surface area contributed by atoms with Crippen LogP contribution in [0.5, 0.6) is 0 Å². The summed E-state index contributed by atoms with van der Waals surface area (Å²) in [5, 5.41) is 1.92. The fourth-order valence-electron chi connectivity index (χ4n) is 3.66. The van der Waals surface area contributed by atoms with E-state index < -0.39 is 50.0 Å². The van der Waals surface area contributed by atoms with Gasteiger partial charge in [0.15, 0.2) is 0 Å². The van der Waals surface area contributed by atoms with Gasteiger partial charge in [-0.2, -0.15) is 13.2 Å². The molecule has 2 unspecified atom stereocenters. The maximum Gasteiger partial charge on any atom is 0.416 e. The van der Waals surface area contributed by atoms with Gasteiger partial charge in [-0.1, -0.05) is 17.7 Å². The third-order valence-corrected chi connectivity index (χ3v) is 8.69. The van der Waals surface area contributed by atoms with Crippen LogP contribution in [0.25, 0.3) is 10.9 Å². The van der Waals surface area contributed by atoms with E-state index in [9.17, 15) is 36.0 Å². The minimum Gasteiger partial charge on any atom is -0.307 e. The highest BCUT2D eigenvalue weighted by molar-refractivity contribution is 7.92. The summed E-state index contributed by atoms with van der Waals surface area (Å²) in [4.78, 5) is 38.9. The predicted octanol–water partition coefficient (Wildman–Crippen LogP) is 4.10. The lowest BCUT2D eigenvalue weighted by Crippen LogP contribution is -2.45. The fourth-order valence-corrected chi connectivity index (χ4v) is 6.34. The molecule has 16 heteroatoms. The number of hydrogen-bond acceptors (Lipinski definition) is 6. The molecule has 3 N–H and O–H groups in total. The summed E-state index contributed by atoms with van der Waals surface area (Å²) in [6.07, 6.45) is -0.895. The van der Waals surface area contributed by atoms with Crippen LogP contribution in [0.2, 0.25) is 4.34 Å². The molecule has 3 aromatic rings. The third kappa shape index (κ3) is 5.46. The Bertz CT molecular complexity index is 1710. The number of rotatable bonds is 4. The SMILES string of the molecule is CC1(Cl)C=C(NC(=O)NS(=O)(=O)c2ccc(Cl)s2)C=CC1n1c(=O)[nH]c2ccc(C(F)(F)F)cc2c1=O. The molecule has 0 radical (unpaired) electrons. The van der Waals surface area contributed by atoms with Gasteiger partial charge in [0.2, 0.25) is 0 Å². The number of thiophene rings is 1. The zero-order valence-corrected chi connectivity index (χ0v) is 21.5. The van der Waals surface area contributed by atoms with Crippen LogP contribution in [0.1, 0.15) is 18.5 Å². The Hall–Kier alpha value is -3.07. The molecule has 1 aliphatic carbocycles. The number of alkyl halides is 4. The van der Waals surface area contributed by atoms with Gasteiger partial charge < -0.3 is 10.3 Å². The van der Waals surface area contributed by atoms with E-state index in [1.807, 2.05) is 4.72 Å². The van der Waals surface area contributed by atoms with Crippen LogP contribution in [-0.4, -0.2) is 28.9 Å². The van der Waals surface area contributed by atoms with Gasteiger partial charge in [0.25, 0.3) is 15.6 Å². The molecule has 37 heavy (non-hydrogen) atoms. The number of allylic oxidation sites excluding steroid dienone is 3. The second-order valence-corrected chi connectivity index (χ2v) is 12.5. The van der Waals surface area contributed by atoms with E-state index in [0.717, 1.165) is 23.5 Å². The van der Waals surface area contributed by atoms with Gasteiger partial charge in [-0.25, -0.2) is 22.7 Å². The zero-order valence-electron chi connectivity index (χ0n) is 18.4. The largest absolute Gasteiger partial charge is 0.416 e. The Balaban J connectivity index is 1.62. The van der Waals surface area contributed by atoms with Crippen LogP contribution in [0, 0.1) is 0 Å². The molecule has 0 spiro atoms. The van der Waals surface area contributed by atoms with Crippen molar-refractivity contribution in [2.45, 2.75) is 28.2 Å². The maximum atomic E-state index is 13.1. The minimum absolute atomic E-state index is 0.0373. The molecule has 196 valence electrons. The predicted molar refractivity (Wildman–Crippen MR) is 133 cm³/mol. The summed E-state index contributed by atoms with van der Waals surface area (Å²) in [6, 6.07) is 2.65. The molecule has 0 saturated heterocycles. The number of benzene rings is 1. The van der Waals surface area contributed by atoms with E-state index in [2.05, 4.69) is 10.3 Å². The summed E-state index contributed by atoms with van der Waals surface area (Å²) in [6.45, 7) is 1.40. The second-order valence-electron chi connectivity index (χ2n) is 8.04. The molecule has 1 aromatic carbocycles. The number of carbonyl (C=O) groups excluding carboxylic acids is 1. The quantitative estimate of drug-likeness (QED) is 0.391. The topological polar surface area (TPSA) is 130 Å². The number of halogens is 5. The van der Waals surface area contributed by atoms with Crippen molar-refractivity contribution in [3.63, 3.8) is 0 Å². The lowest BCUT2D eigenvalue weighted by atomic mass is 9.94. The first kappa shape index (κ1) is 27.0. The van der Waals surface area contributed by atoms with E-state index in [1.54, 1.807) is 0 Å². The highest BCUT2D eigenvalue weighted by Gasteiger charge is 2.36. The molecule has 0 aliphatic heterocycles. The van der Waals surface area contributed by atoms with Gasteiger partial charge in [0.1, 0.15) is 4.21 Å². The molecular weight excluding hydrogens is 580 g/mol. The zero-order chi connectivity index (χ0) is 27.3. The highest BCUT2D eigenvalue weighted by atomic mass is 35.5. The van der Waals surface area contributed by atoms with Crippen LogP contribution in [0.15, 0.2) is 68.1 Å². The Morgan fingerprint density at radius 1 is 1.22 bits per heavy atom. The number of nitrogens with zero attached hydrogens (tertiary/aromatic N) is 1. The summed E-state index contributed by atoms with van der Waals surface area (Å²) < 4.78 is 66.5. The normalized spacial score (nSPS) is 20.1.